The van der Waals surface area contributed by atoms with Gasteiger partial charge in [0.25, 0.3) is 5.91 Å². The number of ether oxygens (including phenoxy) is 1. The summed E-state index contributed by atoms with van der Waals surface area (Å²) in [4.78, 5) is 31.4. The van der Waals surface area contributed by atoms with Gasteiger partial charge in [0.1, 0.15) is 11.3 Å². The Balaban J connectivity index is 1.06. The van der Waals surface area contributed by atoms with Crippen LogP contribution < -0.4 is 20.8 Å². The third kappa shape index (κ3) is 6.43. The summed E-state index contributed by atoms with van der Waals surface area (Å²) < 4.78 is 7.24. The Labute approximate surface area is 262 Å². The first kappa shape index (κ1) is 29.7. The SMILES string of the molecule is COc1ccc(Cn2cc(C(=O)NCCCCCNc3c4c(nc5cc(Cl)ccc35)CCCC4)c(=O)c3ccccc32)cc1. The first-order valence-corrected chi connectivity index (χ1v) is 15.8. The molecule has 2 heterocycles. The predicted octanol–water partition coefficient (Wildman–Crippen LogP) is 7.15. The normalized spacial score (nSPS) is 12.7. The smallest absolute Gasteiger partial charge is 0.256 e. The van der Waals surface area contributed by atoms with Crippen LogP contribution in [-0.2, 0) is 19.4 Å². The highest BCUT2D eigenvalue weighted by atomic mass is 35.5. The maximum absolute atomic E-state index is 13.3. The molecule has 226 valence electrons. The minimum atomic E-state index is -0.337. The lowest BCUT2D eigenvalue weighted by molar-refractivity contribution is 0.0951. The van der Waals surface area contributed by atoms with Gasteiger partial charge < -0.3 is 19.9 Å². The van der Waals surface area contributed by atoms with Crippen molar-refractivity contribution in [2.45, 2.75) is 51.5 Å². The molecule has 7 nitrogen and oxygen atoms in total. The van der Waals surface area contributed by atoms with Crippen molar-refractivity contribution in [2.24, 2.45) is 0 Å². The molecule has 0 unspecified atom stereocenters. The number of unbranched alkanes of at least 4 members (excludes halogenated alkanes) is 2. The molecule has 0 saturated carbocycles. The standard InChI is InChI=1S/C36H37ClN4O3/c1-44-26-16-13-24(14-17-26)22-41-23-30(35(42)29-10-4-6-12-33(29)41)36(43)39-20-8-2-7-19-38-34-27-9-3-5-11-31(27)40-32-21-25(37)15-18-28(32)34/h4,6,10,12-18,21,23H,2-3,5,7-9,11,19-20,22H2,1H3,(H,38,40)(H,39,43). The van der Waals surface area contributed by atoms with Gasteiger partial charge in [-0.05, 0) is 98.5 Å². The summed E-state index contributed by atoms with van der Waals surface area (Å²) in [5.41, 5.74) is 6.42. The molecule has 6 rings (SSSR count). The Bertz CT molecular complexity index is 1870. The zero-order valence-corrected chi connectivity index (χ0v) is 25.8. The Morgan fingerprint density at radius 3 is 2.59 bits per heavy atom. The van der Waals surface area contributed by atoms with Crippen molar-refractivity contribution in [2.75, 3.05) is 25.5 Å². The number of fused-ring (bicyclic) bond motifs is 3. The van der Waals surface area contributed by atoms with E-state index in [1.165, 1.54) is 29.8 Å². The van der Waals surface area contributed by atoms with E-state index in [2.05, 4.69) is 16.7 Å². The van der Waals surface area contributed by atoms with Crippen LogP contribution in [0.25, 0.3) is 21.8 Å². The lowest BCUT2D eigenvalue weighted by Gasteiger charge is -2.22. The zero-order valence-electron chi connectivity index (χ0n) is 25.0. The second kappa shape index (κ2) is 13.5. The fourth-order valence-electron chi connectivity index (χ4n) is 6.10. The number of nitrogens with one attached hydrogen (secondary N) is 2. The number of aryl methyl sites for hydroxylation is 1. The van der Waals surface area contributed by atoms with Crippen molar-refractivity contribution in [1.82, 2.24) is 14.9 Å². The van der Waals surface area contributed by atoms with Crippen LogP contribution in [0.4, 0.5) is 5.69 Å². The molecule has 0 spiro atoms. The quantitative estimate of drug-likeness (QED) is 0.156. The monoisotopic (exact) mass is 608 g/mol. The number of aromatic nitrogens is 2. The van der Waals surface area contributed by atoms with E-state index in [0.29, 0.717) is 23.5 Å². The van der Waals surface area contributed by atoms with E-state index < -0.39 is 0 Å². The number of carbonyl (C=O) groups excluding carboxylic acids is 1. The Hall–Kier alpha value is -4.36. The minimum Gasteiger partial charge on any atom is -0.497 e. The summed E-state index contributed by atoms with van der Waals surface area (Å²) in [5.74, 6) is 0.445. The molecule has 0 radical (unpaired) electrons. The Morgan fingerprint density at radius 1 is 0.955 bits per heavy atom. The summed E-state index contributed by atoms with van der Waals surface area (Å²) in [6.45, 7) is 1.87. The van der Waals surface area contributed by atoms with Gasteiger partial charge in [-0.15, -0.1) is 0 Å². The fourth-order valence-corrected chi connectivity index (χ4v) is 6.27. The average molecular weight is 609 g/mol. The van der Waals surface area contributed by atoms with Crippen LogP contribution in [0.15, 0.2) is 77.7 Å². The third-order valence-electron chi connectivity index (χ3n) is 8.41. The summed E-state index contributed by atoms with van der Waals surface area (Å²) in [7, 11) is 1.64. The number of amides is 1. The van der Waals surface area contributed by atoms with Gasteiger partial charge in [0.05, 0.1) is 18.1 Å². The van der Waals surface area contributed by atoms with Gasteiger partial charge in [-0.2, -0.15) is 0 Å². The van der Waals surface area contributed by atoms with Crippen LogP contribution >= 0.6 is 11.6 Å². The van der Waals surface area contributed by atoms with Gasteiger partial charge in [-0.25, -0.2) is 0 Å². The highest BCUT2D eigenvalue weighted by molar-refractivity contribution is 6.31. The molecule has 5 aromatic rings. The number of anilines is 1. The van der Waals surface area contributed by atoms with Crippen molar-refractivity contribution < 1.29 is 9.53 Å². The van der Waals surface area contributed by atoms with Crippen molar-refractivity contribution in [1.29, 1.82) is 0 Å². The van der Waals surface area contributed by atoms with Crippen molar-refractivity contribution in [3.8, 4) is 5.75 Å². The van der Waals surface area contributed by atoms with E-state index in [4.69, 9.17) is 21.3 Å². The van der Waals surface area contributed by atoms with Crippen molar-refractivity contribution >= 4 is 45.0 Å². The maximum Gasteiger partial charge on any atom is 0.256 e. The van der Waals surface area contributed by atoms with Crippen LogP contribution in [0.5, 0.6) is 5.75 Å². The van der Waals surface area contributed by atoms with Gasteiger partial charge in [-0.1, -0.05) is 35.9 Å². The molecule has 0 fully saturated rings. The topological polar surface area (TPSA) is 85.2 Å². The van der Waals surface area contributed by atoms with E-state index in [1.807, 2.05) is 59.2 Å². The molecule has 1 amide bonds. The van der Waals surface area contributed by atoms with Gasteiger partial charge in [-0.3, -0.25) is 14.6 Å². The molecular weight excluding hydrogens is 572 g/mol. The molecule has 0 aliphatic heterocycles. The van der Waals surface area contributed by atoms with Gasteiger partial charge in [0.15, 0.2) is 0 Å². The molecule has 1 aliphatic carbocycles. The van der Waals surface area contributed by atoms with Crippen molar-refractivity contribution in [3.63, 3.8) is 0 Å². The predicted molar refractivity (Wildman–Crippen MR) is 178 cm³/mol. The molecule has 0 atom stereocenters. The van der Waals surface area contributed by atoms with E-state index in [1.54, 1.807) is 19.4 Å². The summed E-state index contributed by atoms with van der Waals surface area (Å²) in [5, 5.41) is 9.03. The maximum atomic E-state index is 13.3. The summed E-state index contributed by atoms with van der Waals surface area (Å²) >= 11 is 6.26. The molecule has 44 heavy (non-hydrogen) atoms. The van der Waals surface area contributed by atoms with Gasteiger partial charge in [0, 0.05) is 53.0 Å². The lowest BCUT2D eigenvalue weighted by atomic mass is 9.92. The van der Waals surface area contributed by atoms with Crippen LogP contribution in [0.3, 0.4) is 0 Å². The number of hydrogen-bond donors (Lipinski definition) is 2. The molecular formula is C36H37ClN4O3. The molecule has 0 bridgehead atoms. The number of methoxy groups -OCH3 is 1. The van der Waals surface area contributed by atoms with E-state index in [9.17, 15) is 9.59 Å². The van der Waals surface area contributed by atoms with Gasteiger partial charge in [0.2, 0.25) is 5.43 Å². The number of pyridine rings is 2. The van der Waals surface area contributed by atoms with E-state index in [-0.39, 0.29) is 16.9 Å². The molecule has 1 aliphatic rings. The number of benzene rings is 3. The number of halogens is 1. The number of carbonyl (C=O) groups is 1. The third-order valence-corrected chi connectivity index (χ3v) is 8.65. The van der Waals surface area contributed by atoms with E-state index in [0.717, 1.165) is 66.4 Å². The second-order valence-corrected chi connectivity index (χ2v) is 11.8. The molecule has 3 aromatic carbocycles. The highest BCUT2D eigenvalue weighted by Gasteiger charge is 2.19. The first-order chi connectivity index (χ1) is 21.5. The van der Waals surface area contributed by atoms with Crippen molar-refractivity contribution in [3.05, 3.63) is 111 Å². The molecule has 2 aromatic heterocycles. The van der Waals surface area contributed by atoms with E-state index >= 15 is 0 Å². The highest BCUT2D eigenvalue weighted by Crippen LogP contribution is 2.34. The number of nitrogens with zero attached hydrogens (tertiary/aromatic N) is 2. The Kier molecular flexibility index (Phi) is 9.12. The first-order valence-electron chi connectivity index (χ1n) is 15.4. The molecule has 2 N–H and O–H groups in total. The van der Waals surface area contributed by atoms with Crippen LogP contribution in [0.2, 0.25) is 5.02 Å². The largest absolute Gasteiger partial charge is 0.497 e. The van der Waals surface area contributed by atoms with Crippen LogP contribution in [-0.4, -0.2) is 35.7 Å². The van der Waals surface area contributed by atoms with Crippen LogP contribution in [0.1, 0.15) is 59.3 Å². The fraction of sp³-hybridized carbons (Fsp3) is 0.306. The van der Waals surface area contributed by atoms with Gasteiger partial charge >= 0.3 is 0 Å². The number of para-hydroxylation sites is 1. The molecule has 8 heteroatoms. The zero-order chi connectivity index (χ0) is 30.5. The Morgan fingerprint density at radius 2 is 1.75 bits per heavy atom. The summed E-state index contributed by atoms with van der Waals surface area (Å²) in [6, 6.07) is 21.2. The van der Waals surface area contributed by atoms with Crippen LogP contribution in [0, 0.1) is 0 Å². The summed E-state index contributed by atoms with van der Waals surface area (Å²) in [6.07, 6.45) is 8.84. The lowest BCUT2D eigenvalue weighted by Crippen LogP contribution is -2.30. The molecule has 0 saturated heterocycles. The average Bonchev–Trinajstić information content (AvgIpc) is 3.05. The minimum absolute atomic E-state index is 0.160. The number of rotatable bonds is 11. The number of hydrogen-bond acceptors (Lipinski definition) is 5. The second-order valence-electron chi connectivity index (χ2n) is 11.4.